The highest BCUT2D eigenvalue weighted by molar-refractivity contribution is 5.14. The van der Waals surface area contributed by atoms with E-state index in [1.54, 1.807) is 0 Å². The predicted molar refractivity (Wildman–Crippen MR) is 100 cm³/mol. The molecule has 0 fully saturated rings. The van der Waals surface area contributed by atoms with Crippen LogP contribution in [-0.2, 0) is 11.2 Å². The van der Waals surface area contributed by atoms with Gasteiger partial charge in [0.15, 0.2) is 0 Å². The van der Waals surface area contributed by atoms with Crippen molar-refractivity contribution in [2.75, 3.05) is 59.5 Å². The minimum absolute atomic E-state index is 0.141. The van der Waals surface area contributed by atoms with Crippen LogP contribution in [-0.4, -0.2) is 95.2 Å². The molecule has 0 heterocycles. The highest BCUT2D eigenvalue weighted by Gasteiger charge is 2.32. The first-order valence-corrected chi connectivity index (χ1v) is 8.88. The molecule has 1 aromatic rings. The molecule has 1 aromatic carbocycles. The molecule has 1 rings (SSSR count). The Labute approximate surface area is 160 Å². The lowest BCUT2D eigenvalue weighted by Gasteiger charge is -2.31. The maximum Gasteiger partial charge on any atom is 0.0629 e. The van der Waals surface area contributed by atoms with Crippen LogP contribution >= 0.6 is 0 Å². The fourth-order valence-corrected chi connectivity index (χ4v) is 1.99. The Hall–Kier alpha value is -1.10. The van der Waals surface area contributed by atoms with Gasteiger partial charge < -0.3 is 40.5 Å². The molecule has 7 N–H and O–H groups in total. The summed E-state index contributed by atoms with van der Waals surface area (Å²) in [6.45, 7) is -2.72. The molecule has 8 nitrogen and oxygen atoms in total. The van der Waals surface area contributed by atoms with Gasteiger partial charge in [-0.15, -0.1) is 0 Å². The SMILES string of the molecule is OCC(CO)(CO)COCC(CO)(CO)CO.OCCCc1ccccc1. The molecule has 27 heavy (non-hydrogen) atoms. The minimum atomic E-state index is -1.16. The second-order valence-electron chi connectivity index (χ2n) is 6.75. The van der Waals surface area contributed by atoms with Crippen molar-refractivity contribution in [2.24, 2.45) is 10.8 Å². The number of rotatable bonds is 13. The summed E-state index contributed by atoms with van der Waals surface area (Å²) in [6, 6.07) is 10.2. The molecule has 8 heteroatoms. The molecule has 0 aliphatic heterocycles. The fourth-order valence-electron chi connectivity index (χ4n) is 1.99. The molecular formula is C19H34O8. The Kier molecular flexibility index (Phi) is 14.3. The van der Waals surface area contributed by atoms with E-state index >= 15 is 0 Å². The van der Waals surface area contributed by atoms with Crippen molar-refractivity contribution >= 4 is 0 Å². The third kappa shape index (κ3) is 9.59. The average molecular weight is 390 g/mol. The van der Waals surface area contributed by atoms with Crippen LogP contribution in [0.5, 0.6) is 0 Å². The molecule has 0 bridgehead atoms. The van der Waals surface area contributed by atoms with Crippen LogP contribution in [0.1, 0.15) is 12.0 Å². The predicted octanol–water partition coefficient (Wildman–Crippen LogP) is -1.46. The topological polar surface area (TPSA) is 151 Å². The summed E-state index contributed by atoms with van der Waals surface area (Å²) in [5.41, 5.74) is -1.02. The van der Waals surface area contributed by atoms with Crippen LogP contribution in [0, 0.1) is 10.8 Å². The van der Waals surface area contributed by atoms with E-state index in [2.05, 4.69) is 12.1 Å². The summed E-state index contributed by atoms with van der Waals surface area (Å²) in [5, 5.41) is 62.7. The zero-order valence-electron chi connectivity index (χ0n) is 15.7. The van der Waals surface area contributed by atoms with Crippen LogP contribution in [0.3, 0.4) is 0 Å². The first-order valence-electron chi connectivity index (χ1n) is 8.88. The average Bonchev–Trinajstić information content (AvgIpc) is 2.75. The van der Waals surface area contributed by atoms with Crippen molar-refractivity contribution in [1.29, 1.82) is 0 Å². The van der Waals surface area contributed by atoms with Gasteiger partial charge in [-0.05, 0) is 18.4 Å². The monoisotopic (exact) mass is 390 g/mol. The Balaban J connectivity index is 0.000000569. The number of hydrogen-bond acceptors (Lipinski definition) is 8. The first-order chi connectivity index (χ1) is 13.0. The largest absolute Gasteiger partial charge is 0.396 e. The maximum atomic E-state index is 9.03. The number of ether oxygens (including phenoxy) is 1. The van der Waals surface area contributed by atoms with E-state index in [1.165, 1.54) is 5.56 Å². The lowest BCUT2D eigenvalue weighted by atomic mass is 9.91. The van der Waals surface area contributed by atoms with E-state index in [0.717, 1.165) is 12.8 Å². The van der Waals surface area contributed by atoms with Crippen LogP contribution < -0.4 is 0 Å². The summed E-state index contributed by atoms with van der Waals surface area (Å²) in [4.78, 5) is 0. The standard InChI is InChI=1S/C10H22O7.C9H12O/c11-1-9(2-12,3-13)7-17-8-10(4-14,5-15)6-16;10-8-4-7-9-5-2-1-3-6-9/h11-16H,1-8H2;1-3,5-6,10H,4,7-8H2. The summed E-state index contributed by atoms with van der Waals surface area (Å²) in [7, 11) is 0. The molecule has 0 saturated carbocycles. The van der Waals surface area contributed by atoms with Gasteiger partial charge in [-0.25, -0.2) is 0 Å². The van der Waals surface area contributed by atoms with Gasteiger partial charge in [-0.3, -0.25) is 0 Å². The number of hydrogen-bond donors (Lipinski definition) is 7. The van der Waals surface area contributed by atoms with E-state index in [4.69, 9.17) is 40.5 Å². The smallest absolute Gasteiger partial charge is 0.0629 e. The number of benzene rings is 1. The third-order valence-electron chi connectivity index (χ3n) is 4.30. The molecule has 0 aromatic heterocycles. The summed E-state index contributed by atoms with van der Waals surface area (Å²) in [5.74, 6) is 0. The number of aryl methyl sites for hydroxylation is 1. The van der Waals surface area contributed by atoms with Gasteiger partial charge in [-0.1, -0.05) is 30.3 Å². The second-order valence-corrected chi connectivity index (χ2v) is 6.75. The highest BCUT2D eigenvalue weighted by atomic mass is 16.5. The Morgan fingerprint density at radius 3 is 1.37 bits per heavy atom. The zero-order chi connectivity index (χ0) is 20.6. The lowest BCUT2D eigenvalue weighted by Crippen LogP contribution is -2.43. The van der Waals surface area contributed by atoms with E-state index < -0.39 is 50.5 Å². The molecule has 158 valence electrons. The Bertz CT molecular complexity index is 410. The number of aliphatic hydroxyl groups is 7. The molecule has 0 amide bonds. The molecule has 0 radical (unpaired) electrons. The molecule has 0 spiro atoms. The molecular weight excluding hydrogens is 356 g/mol. The van der Waals surface area contributed by atoms with Crippen LogP contribution in [0.25, 0.3) is 0 Å². The van der Waals surface area contributed by atoms with Crippen molar-refractivity contribution in [2.45, 2.75) is 12.8 Å². The van der Waals surface area contributed by atoms with Gasteiger partial charge in [0.1, 0.15) is 0 Å². The van der Waals surface area contributed by atoms with Crippen molar-refractivity contribution in [3.8, 4) is 0 Å². The van der Waals surface area contributed by atoms with Gasteiger partial charge >= 0.3 is 0 Å². The Morgan fingerprint density at radius 2 is 1.04 bits per heavy atom. The van der Waals surface area contributed by atoms with E-state index in [9.17, 15) is 0 Å². The summed E-state index contributed by atoms with van der Waals surface area (Å²) < 4.78 is 5.15. The van der Waals surface area contributed by atoms with E-state index in [0.29, 0.717) is 0 Å². The van der Waals surface area contributed by atoms with Crippen LogP contribution in [0.4, 0.5) is 0 Å². The molecule has 0 unspecified atom stereocenters. The van der Waals surface area contributed by atoms with Gasteiger partial charge in [0.05, 0.1) is 63.7 Å². The van der Waals surface area contributed by atoms with Crippen molar-refractivity contribution in [1.82, 2.24) is 0 Å². The van der Waals surface area contributed by atoms with Gasteiger partial charge in [0, 0.05) is 6.61 Å². The third-order valence-corrected chi connectivity index (χ3v) is 4.30. The van der Waals surface area contributed by atoms with Gasteiger partial charge in [0.2, 0.25) is 0 Å². The number of aliphatic hydroxyl groups excluding tert-OH is 7. The van der Waals surface area contributed by atoms with E-state index in [1.807, 2.05) is 18.2 Å². The van der Waals surface area contributed by atoms with Crippen LogP contribution in [0.15, 0.2) is 30.3 Å². The van der Waals surface area contributed by atoms with Gasteiger partial charge in [-0.2, -0.15) is 0 Å². The Morgan fingerprint density at radius 1 is 0.630 bits per heavy atom. The van der Waals surface area contributed by atoms with Crippen molar-refractivity contribution in [3.63, 3.8) is 0 Å². The molecule has 0 atom stereocenters. The lowest BCUT2D eigenvalue weighted by molar-refractivity contribution is -0.103. The van der Waals surface area contributed by atoms with Gasteiger partial charge in [0.25, 0.3) is 0 Å². The second kappa shape index (κ2) is 14.9. The van der Waals surface area contributed by atoms with Crippen molar-refractivity contribution < 1.29 is 40.5 Å². The maximum absolute atomic E-state index is 9.03. The normalized spacial score (nSPS) is 11.8. The van der Waals surface area contributed by atoms with Crippen LogP contribution in [0.2, 0.25) is 0 Å². The van der Waals surface area contributed by atoms with Crippen molar-refractivity contribution in [3.05, 3.63) is 35.9 Å². The summed E-state index contributed by atoms with van der Waals surface area (Å²) >= 11 is 0. The molecule has 0 aliphatic carbocycles. The minimum Gasteiger partial charge on any atom is -0.396 e. The zero-order valence-corrected chi connectivity index (χ0v) is 15.7. The quantitative estimate of drug-likeness (QED) is 0.216. The summed E-state index contributed by atoms with van der Waals surface area (Å²) in [6.07, 6.45) is 1.85. The fraction of sp³-hybridized carbons (Fsp3) is 0.684. The molecule has 0 aliphatic rings. The first kappa shape index (κ1) is 25.9. The highest BCUT2D eigenvalue weighted by Crippen LogP contribution is 2.19. The molecule has 0 saturated heterocycles. The van der Waals surface area contributed by atoms with E-state index in [-0.39, 0.29) is 19.8 Å².